The lowest BCUT2D eigenvalue weighted by atomic mass is 10.1. The summed E-state index contributed by atoms with van der Waals surface area (Å²) in [4.78, 5) is 42.7. The molecule has 0 N–H and O–H groups in total. The van der Waals surface area contributed by atoms with Crippen LogP contribution in [0.4, 0.5) is 0 Å². The van der Waals surface area contributed by atoms with Crippen LogP contribution in [0.25, 0.3) is 0 Å². The van der Waals surface area contributed by atoms with E-state index in [0.29, 0.717) is 87.8 Å². The van der Waals surface area contributed by atoms with Crippen molar-refractivity contribution in [3.05, 3.63) is 22.7 Å². The third-order valence-electron chi connectivity index (χ3n) is 5.34. The van der Waals surface area contributed by atoms with Gasteiger partial charge in [-0.3, -0.25) is 14.4 Å². The number of rotatable bonds is 6. The average molecular weight is 468 g/mol. The van der Waals surface area contributed by atoms with E-state index in [-0.39, 0.29) is 5.91 Å². The number of ether oxygens (including phenoxy) is 3. The highest BCUT2D eigenvalue weighted by molar-refractivity contribution is 6.35. The van der Waals surface area contributed by atoms with Crippen LogP contribution in [0.5, 0.6) is 11.5 Å². The molecule has 0 spiro atoms. The van der Waals surface area contributed by atoms with Crippen LogP contribution in [-0.4, -0.2) is 98.1 Å². The number of hydrogen-bond donors (Lipinski definition) is 0. The number of morpholine rings is 1. The fourth-order valence-electron chi connectivity index (χ4n) is 3.63. The van der Waals surface area contributed by atoms with Gasteiger partial charge in [-0.25, -0.2) is 0 Å². The van der Waals surface area contributed by atoms with Crippen molar-refractivity contribution in [3.63, 3.8) is 0 Å². The van der Waals surface area contributed by atoms with Crippen LogP contribution in [0.3, 0.4) is 0 Å². The van der Waals surface area contributed by atoms with E-state index < -0.39 is 11.8 Å². The molecule has 2 heterocycles. The van der Waals surface area contributed by atoms with Crippen molar-refractivity contribution in [2.45, 2.75) is 20.3 Å². The molecule has 0 saturated carbocycles. The number of halogens is 1. The van der Waals surface area contributed by atoms with Gasteiger partial charge in [0.25, 0.3) is 5.91 Å². The van der Waals surface area contributed by atoms with Gasteiger partial charge < -0.3 is 28.9 Å². The van der Waals surface area contributed by atoms with E-state index in [9.17, 15) is 14.4 Å². The van der Waals surface area contributed by atoms with Gasteiger partial charge in [0.15, 0.2) is 11.5 Å². The molecule has 1 aromatic carbocycles. The number of carbonyl (C=O) groups excluding carboxylic acids is 3. The van der Waals surface area contributed by atoms with E-state index in [1.807, 2.05) is 13.8 Å². The van der Waals surface area contributed by atoms with Crippen molar-refractivity contribution < 1.29 is 28.6 Å². The summed E-state index contributed by atoms with van der Waals surface area (Å²) >= 11 is 6.38. The number of benzene rings is 1. The van der Waals surface area contributed by atoms with E-state index in [4.69, 9.17) is 25.8 Å². The van der Waals surface area contributed by atoms with E-state index in [1.54, 1.807) is 17.0 Å². The lowest BCUT2D eigenvalue weighted by Gasteiger charge is -2.36. The lowest BCUT2D eigenvalue weighted by Crippen LogP contribution is -2.55. The molecule has 0 aromatic heterocycles. The molecule has 0 unspecified atom stereocenters. The molecule has 2 aliphatic heterocycles. The molecular formula is C22H30ClN3O6. The van der Waals surface area contributed by atoms with E-state index in [2.05, 4.69) is 0 Å². The molecule has 0 atom stereocenters. The monoisotopic (exact) mass is 467 g/mol. The summed E-state index contributed by atoms with van der Waals surface area (Å²) in [6, 6.07) is 3.22. The molecule has 0 bridgehead atoms. The average Bonchev–Trinajstić information content (AvgIpc) is 2.83. The molecule has 3 rings (SSSR count). The largest absolute Gasteiger partial charge is 0.490 e. The van der Waals surface area contributed by atoms with Gasteiger partial charge in [0.2, 0.25) is 0 Å². The van der Waals surface area contributed by atoms with Crippen molar-refractivity contribution >= 4 is 29.3 Å². The van der Waals surface area contributed by atoms with E-state index in [1.165, 1.54) is 9.80 Å². The van der Waals surface area contributed by atoms with Crippen LogP contribution in [-0.2, 0) is 14.3 Å². The first-order valence-electron chi connectivity index (χ1n) is 11.0. The summed E-state index contributed by atoms with van der Waals surface area (Å²) in [7, 11) is 0. The zero-order valence-electron chi connectivity index (χ0n) is 18.6. The van der Waals surface area contributed by atoms with Crippen molar-refractivity contribution in [2.75, 3.05) is 65.7 Å². The summed E-state index contributed by atoms with van der Waals surface area (Å²) in [6.07, 6.45) is 0.819. The number of carbonyl (C=O) groups is 3. The number of nitrogens with zero attached hydrogens (tertiary/aromatic N) is 3. The molecule has 2 fully saturated rings. The van der Waals surface area contributed by atoms with Crippen LogP contribution in [0.2, 0.25) is 5.02 Å². The Bertz CT molecular complexity index is 835. The van der Waals surface area contributed by atoms with Gasteiger partial charge in [0, 0.05) is 44.8 Å². The first kappa shape index (κ1) is 24.1. The molecule has 1 aromatic rings. The highest BCUT2D eigenvalue weighted by Gasteiger charge is 2.32. The van der Waals surface area contributed by atoms with Crippen molar-refractivity contribution in [2.24, 2.45) is 0 Å². The molecule has 176 valence electrons. The van der Waals surface area contributed by atoms with Crippen LogP contribution in [0.15, 0.2) is 12.1 Å². The molecular weight excluding hydrogens is 438 g/mol. The predicted molar refractivity (Wildman–Crippen MR) is 118 cm³/mol. The summed E-state index contributed by atoms with van der Waals surface area (Å²) in [6.45, 7) is 7.72. The van der Waals surface area contributed by atoms with Crippen molar-refractivity contribution in [1.82, 2.24) is 14.7 Å². The predicted octanol–water partition coefficient (Wildman–Crippen LogP) is 1.67. The van der Waals surface area contributed by atoms with Gasteiger partial charge in [0.05, 0.1) is 31.5 Å². The third kappa shape index (κ3) is 5.63. The Kier molecular flexibility index (Phi) is 8.58. The maximum Gasteiger partial charge on any atom is 0.312 e. The summed E-state index contributed by atoms with van der Waals surface area (Å²) in [5.74, 6) is -0.380. The second-order valence-electron chi connectivity index (χ2n) is 7.56. The number of piperazine rings is 1. The van der Waals surface area contributed by atoms with Gasteiger partial charge in [-0.05, 0) is 25.5 Å². The van der Waals surface area contributed by atoms with Crippen LogP contribution in [0, 0.1) is 0 Å². The number of amides is 3. The molecule has 0 radical (unpaired) electrons. The summed E-state index contributed by atoms with van der Waals surface area (Å²) < 4.78 is 16.6. The Morgan fingerprint density at radius 2 is 1.50 bits per heavy atom. The van der Waals surface area contributed by atoms with Gasteiger partial charge >= 0.3 is 11.8 Å². The van der Waals surface area contributed by atoms with Gasteiger partial charge in [0.1, 0.15) is 0 Å². The Morgan fingerprint density at radius 3 is 2.09 bits per heavy atom. The Hall–Kier alpha value is -2.52. The Morgan fingerprint density at radius 1 is 0.906 bits per heavy atom. The van der Waals surface area contributed by atoms with Crippen molar-refractivity contribution in [3.8, 4) is 11.5 Å². The topological polar surface area (TPSA) is 88.6 Å². The first-order chi connectivity index (χ1) is 15.5. The quantitative estimate of drug-likeness (QED) is 0.591. The summed E-state index contributed by atoms with van der Waals surface area (Å²) in [5.41, 5.74) is 0.395. The highest BCUT2D eigenvalue weighted by atomic mass is 35.5. The maximum absolute atomic E-state index is 13.1. The summed E-state index contributed by atoms with van der Waals surface area (Å²) in [5, 5.41) is 0.317. The van der Waals surface area contributed by atoms with Crippen molar-refractivity contribution in [1.29, 1.82) is 0 Å². The van der Waals surface area contributed by atoms with Crippen LogP contribution >= 0.6 is 11.6 Å². The fraction of sp³-hybridized carbons (Fsp3) is 0.591. The Labute approximate surface area is 193 Å². The zero-order valence-corrected chi connectivity index (χ0v) is 19.4. The molecule has 3 amide bonds. The smallest absolute Gasteiger partial charge is 0.312 e. The number of hydrogen-bond acceptors (Lipinski definition) is 6. The Balaban J connectivity index is 1.63. The third-order valence-corrected chi connectivity index (χ3v) is 5.62. The second-order valence-corrected chi connectivity index (χ2v) is 7.96. The highest BCUT2D eigenvalue weighted by Crippen LogP contribution is 2.37. The molecule has 32 heavy (non-hydrogen) atoms. The first-order valence-corrected chi connectivity index (χ1v) is 11.4. The zero-order chi connectivity index (χ0) is 23.1. The fourth-order valence-corrected chi connectivity index (χ4v) is 3.90. The lowest BCUT2D eigenvalue weighted by molar-refractivity contribution is -0.154. The van der Waals surface area contributed by atoms with Crippen LogP contribution < -0.4 is 9.47 Å². The second kappa shape index (κ2) is 11.4. The minimum Gasteiger partial charge on any atom is -0.490 e. The van der Waals surface area contributed by atoms with Gasteiger partial charge in [-0.2, -0.15) is 0 Å². The molecule has 0 aliphatic carbocycles. The van der Waals surface area contributed by atoms with Crippen LogP contribution in [0.1, 0.15) is 30.6 Å². The van der Waals surface area contributed by atoms with Gasteiger partial charge in [-0.15, -0.1) is 0 Å². The molecule has 2 saturated heterocycles. The minimum atomic E-state index is -0.530. The molecule has 9 nitrogen and oxygen atoms in total. The molecule has 2 aliphatic rings. The normalized spacial score (nSPS) is 16.7. The minimum absolute atomic E-state index is 0.207. The maximum atomic E-state index is 13.1. The SMILES string of the molecule is CCCOc1c(Cl)cc(C(=O)N2CCN(C(=O)C(=O)N3CCOCC3)CC2)cc1OCC. The van der Waals surface area contributed by atoms with E-state index in [0.717, 1.165) is 6.42 Å². The van der Waals surface area contributed by atoms with Gasteiger partial charge in [-0.1, -0.05) is 18.5 Å². The van der Waals surface area contributed by atoms with E-state index >= 15 is 0 Å². The molecule has 10 heteroatoms. The standard InChI is InChI=1S/C22H30ClN3O6/c1-3-11-32-19-17(23)14-16(15-18(19)31-4-2)20(27)24-5-7-25(8-6-24)21(28)22(29)26-9-12-30-13-10-26/h14-15H,3-13H2,1-2H3.